The standard InChI is InChI=1S/C15H16ClN3O/c1-2-8-17-14-10-11(9-13(16)19-14)15(20)18-12-6-4-3-5-7-12/h3-7,9-10H,2,8H2,1H3,(H,17,19)(H,18,20). The van der Waals surface area contributed by atoms with Gasteiger partial charge in [-0.2, -0.15) is 0 Å². The summed E-state index contributed by atoms with van der Waals surface area (Å²) < 4.78 is 0. The lowest BCUT2D eigenvalue weighted by molar-refractivity contribution is 0.102. The minimum Gasteiger partial charge on any atom is -0.370 e. The molecule has 0 aliphatic rings. The zero-order valence-electron chi connectivity index (χ0n) is 11.2. The van der Waals surface area contributed by atoms with Crippen LogP contribution in [0.1, 0.15) is 23.7 Å². The van der Waals surface area contributed by atoms with E-state index in [1.807, 2.05) is 30.3 Å². The van der Waals surface area contributed by atoms with Crippen molar-refractivity contribution in [1.29, 1.82) is 0 Å². The second-order valence-electron chi connectivity index (χ2n) is 4.31. The highest BCUT2D eigenvalue weighted by Crippen LogP contribution is 2.16. The number of carbonyl (C=O) groups excluding carboxylic acids is 1. The van der Waals surface area contributed by atoms with Crippen LogP contribution < -0.4 is 10.6 Å². The number of nitrogens with one attached hydrogen (secondary N) is 2. The number of pyridine rings is 1. The Balaban J connectivity index is 2.15. The number of anilines is 2. The molecule has 104 valence electrons. The highest BCUT2D eigenvalue weighted by molar-refractivity contribution is 6.30. The van der Waals surface area contributed by atoms with Crippen LogP contribution in [0.15, 0.2) is 42.5 Å². The summed E-state index contributed by atoms with van der Waals surface area (Å²) in [5.74, 6) is 0.401. The number of hydrogen-bond acceptors (Lipinski definition) is 3. The maximum Gasteiger partial charge on any atom is 0.255 e. The molecule has 2 rings (SSSR count). The molecule has 0 aliphatic carbocycles. The number of nitrogens with zero attached hydrogens (tertiary/aromatic N) is 1. The van der Waals surface area contributed by atoms with E-state index in [4.69, 9.17) is 11.6 Å². The summed E-state index contributed by atoms with van der Waals surface area (Å²) in [5.41, 5.74) is 1.22. The van der Waals surface area contributed by atoms with Crippen molar-refractivity contribution in [2.24, 2.45) is 0 Å². The summed E-state index contributed by atoms with van der Waals surface area (Å²) in [6, 6.07) is 12.5. The van der Waals surface area contributed by atoms with Gasteiger partial charge in [-0.1, -0.05) is 36.7 Å². The summed E-state index contributed by atoms with van der Waals surface area (Å²) >= 11 is 5.94. The smallest absolute Gasteiger partial charge is 0.255 e. The van der Waals surface area contributed by atoms with Crippen molar-refractivity contribution in [1.82, 2.24) is 4.98 Å². The molecule has 0 aliphatic heterocycles. The van der Waals surface area contributed by atoms with Gasteiger partial charge in [0.25, 0.3) is 5.91 Å². The molecule has 0 saturated heterocycles. The lowest BCUT2D eigenvalue weighted by atomic mass is 10.2. The monoisotopic (exact) mass is 289 g/mol. The van der Waals surface area contributed by atoms with Gasteiger partial charge < -0.3 is 10.6 Å². The lowest BCUT2D eigenvalue weighted by Crippen LogP contribution is -2.13. The molecule has 0 fully saturated rings. The zero-order chi connectivity index (χ0) is 14.4. The first kappa shape index (κ1) is 14.3. The van der Waals surface area contributed by atoms with Crippen LogP contribution in [0.4, 0.5) is 11.5 Å². The molecule has 20 heavy (non-hydrogen) atoms. The van der Waals surface area contributed by atoms with Gasteiger partial charge in [0.05, 0.1) is 0 Å². The van der Waals surface area contributed by atoms with Crippen LogP contribution in [0.25, 0.3) is 0 Å². The Bertz CT molecular complexity index is 587. The summed E-state index contributed by atoms with van der Waals surface area (Å²) in [4.78, 5) is 16.3. The first-order chi connectivity index (χ1) is 9.69. The number of benzene rings is 1. The fourth-order valence-electron chi connectivity index (χ4n) is 1.70. The molecule has 1 heterocycles. The molecule has 0 spiro atoms. The first-order valence-corrected chi connectivity index (χ1v) is 6.84. The third-order valence-corrected chi connectivity index (χ3v) is 2.84. The molecule has 5 heteroatoms. The van der Waals surface area contributed by atoms with E-state index in [1.54, 1.807) is 12.1 Å². The average Bonchev–Trinajstić information content (AvgIpc) is 2.45. The predicted molar refractivity (Wildman–Crippen MR) is 82.4 cm³/mol. The molecular formula is C15H16ClN3O. The number of halogens is 1. The van der Waals surface area contributed by atoms with E-state index in [1.165, 1.54) is 0 Å². The van der Waals surface area contributed by atoms with Gasteiger partial charge >= 0.3 is 0 Å². The van der Waals surface area contributed by atoms with E-state index in [0.717, 1.165) is 18.7 Å². The normalized spacial score (nSPS) is 10.1. The van der Waals surface area contributed by atoms with Crippen LogP contribution in [0, 0.1) is 0 Å². The Morgan fingerprint density at radius 3 is 2.70 bits per heavy atom. The molecule has 2 aromatic rings. The molecule has 1 aromatic heterocycles. The van der Waals surface area contributed by atoms with Gasteiger partial charge in [-0.25, -0.2) is 4.98 Å². The molecule has 0 atom stereocenters. The van der Waals surface area contributed by atoms with Gasteiger partial charge in [0, 0.05) is 17.8 Å². The average molecular weight is 290 g/mol. The SMILES string of the molecule is CCCNc1cc(C(=O)Nc2ccccc2)cc(Cl)n1. The van der Waals surface area contributed by atoms with Crippen LogP contribution in [-0.2, 0) is 0 Å². The number of carbonyl (C=O) groups is 1. The predicted octanol–water partition coefficient (Wildman–Crippen LogP) is 3.81. The lowest BCUT2D eigenvalue weighted by Gasteiger charge is -2.08. The minimum atomic E-state index is -0.208. The minimum absolute atomic E-state index is 0.208. The van der Waals surface area contributed by atoms with Crippen molar-refractivity contribution in [2.75, 3.05) is 17.2 Å². The van der Waals surface area contributed by atoms with Crippen LogP contribution in [0.3, 0.4) is 0 Å². The van der Waals surface area contributed by atoms with Gasteiger partial charge in [-0.15, -0.1) is 0 Å². The van der Waals surface area contributed by atoms with Crippen LogP contribution in [-0.4, -0.2) is 17.4 Å². The third-order valence-electron chi connectivity index (χ3n) is 2.64. The molecular weight excluding hydrogens is 274 g/mol. The number of hydrogen-bond donors (Lipinski definition) is 2. The van der Waals surface area contributed by atoms with E-state index in [0.29, 0.717) is 16.5 Å². The Hall–Kier alpha value is -2.07. The van der Waals surface area contributed by atoms with E-state index in [9.17, 15) is 4.79 Å². The van der Waals surface area contributed by atoms with Gasteiger partial charge in [0.15, 0.2) is 0 Å². The van der Waals surface area contributed by atoms with Crippen LogP contribution in [0.2, 0.25) is 5.15 Å². The molecule has 0 bridgehead atoms. The van der Waals surface area contributed by atoms with Crippen molar-refractivity contribution < 1.29 is 4.79 Å². The van der Waals surface area contributed by atoms with Gasteiger partial charge in [0.2, 0.25) is 0 Å². The number of para-hydroxylation sites is 1. The Morgan fingerprint density at radius 1 is 1.25 bits per heavy atom. The fraction of sp³-hybridized carbons (Fsp3) is 0.200. The first-order valence-electron chi connectivity index (χ1n) is 6.47. The molecule has 2 N–H and O–H groups in total. The highest BCUT2D eigenvalue weighted by atomic mass is 35.5. The molecule has 1 aromatic carbocycles. The number of aromatic nitrogens is 1. The second kappa shape index (κ2) is 6.91. The number of rotatable bonds is 5. The maximum atomic E-state index is 12.2. The van der Waals surface area contributed by atoms with Crippen molar-refractivity contribution in [3.8, 4) is 0 Å². The summed E-state index contributed by atoms with van der Waals surface area (Å²) in [6.45, 7) is 2.84. The van der Waals surface area contributed by atoms with Crippen molar-refractivity contribution >= 4 is 29.0 Å². The van der Waals surface area contributed by atoms with Crippen LogP contribution in [0.5, 0.6) is 0 Å². The fourth-order valence-corrected chi connectivity index (χ4v) is 1.90. The van der Waals surface area contributed by atoms with Crippen molar-refractivity contribution in [3.05, 3.63) is 53.2 Å². The van der Waals surface area contributed by atoms with Gasteiger partial charge in [-0.05, 0) is 30.7 Å². The Labute approximate surface area is 123 Å². The molecule has 0 radical (unpaired) electrons. The van der Waals surface area contributed by atoms with E-state index >= 15 is 0 Å². The highest BCUT2D eigenvalue weighted by Gasteiger charge is 2.09. The third kappa shape index (κ3) is 3.96. The summed E-state index contributed by atoms with van der Waals surface area (Å²) in [7, 11) is 0. The van der Waals surface area contributed by atoms with Crippen LogP contribution >= 0.6 is 11.6 Å². The van der Waals surface area contributed by atoms with Crippen molar-refractivity contribution in [3.63, 3.8) is 0 Å². The Morgan fingerprint density at radius 2 is 2.00 bits per heavy atom. The van der Waals surface area contributed by atoms with Gasteiger partial charge in [0.1, 0.15) is 11.0 Å². The molecule has 4 nitrogen and oxygen atoms in total. The summed E-state index contributed by atoms with van der Waals surface area (Å²) in [5, 5.41) is 6.23. The summed E-state index contributed by atoms with van der Waals surface area (Å²) in [6.07, 6.45) is 0.972. The number of amides is 1. The van der Waals surface area contributed by atoms with E-state index in [-0.39, 0.29) is 5.91 Å². The maximum absolute atomic E-state index is 12.2. The Kier molecular flexibility index (Phi) is 4.96. The quantitative estimate of drug-likeness (QED) is 0.823. The van der Waals surface area contributed by atoms with E-state index in [2.05, 4.69) is 22.5 Å². The van der Waals surface area contributed by atoms with E-state index < -0.39 is 0 Å². The molecule has 0 saturated carbocycles. The van der Waals surface area contributed by atoms with Crippen molar-refractivity contribution in [2.45, 2.75) is 13.3 Å². The molecule has 1 amide bonds. The second-order valence-corrected chi connectivity index (χ2v) is 4.70. The van der Waals surface area contributed by atoms with Gasteiger partial charge in [-0.3, -0.25) is 4.79 Å². The largest absolute Gasteiger partial charge is 0.370 e. The topological polar surface area (TPSA) is 54.0 Å². The molecule has 0 unspecified atom stereocenters. The zero-order valence-corrected chi connectivity index (χ0v) is 11.9.